The summed E-state index contributed by atoms with van der Waals surface area (Å²) in [5.41, 5.74) is 0.159. The van der Waals surface area contributed by atoms with Gasteiger partial charge in [0.05, 0.1) is 13.2 Å². The highest BCUT2D eigenvalue weighted by Gasteiger charge is 2.40. The maximum absolute atomic E-state index is 13.7. The van der Waals surface area contributed by atoms with Crippen LogP contribution in [-0.2, 0) is 15.3 Å². The lowest BCUT2D eigenvalue weighted by molar-refractivity contribution is -0.173. The highest BCUT2D eigenvalue weighted by atomic mass is 19.2. The van der Waals surface area contributed by atoms with Gasteiger partial charge in [-0.3, -0.25) is 0 Å². The third-order valence-corrected chi connectivity index (χ3v) is 2.69. The minimum absolute atomic E-state index is 0.159. The molecule has 2 rings (SSSR count). The van der Waals surface area contributed by atoms with Crippen molar-refractivity contribution >= 4 is 0 Å². The number of hydrogen-bond acceptors (Lipinski definition) is 2. The van der Waals surface area contributed by atoms with Crippen LogP contribution in [0.15, 0.2) is 18.2 Å². The molecule has 0 aliphatic carbocycles. The predicted octanol–water partition coefficient (Wildman–Crippen LogP) is 2.96. The van der Waals surface area contributed by atoms with Crippen LogP contribution in [0.3, 0.4) is 0 Å². The summed E-state index contributed by atoms with van der Waals surface area (Å²) in [6, 6.07) is 4.07. The van der Waals surface area contributed by atoms with E-state index in [4.69, 9.17) is 9.47 Å². The second-order valence-corrected chi connectivity index (χ2v) is 3.80. The summed E-state index contributed by atoms with van der Waals surface area (Å²) in [7, 11) is 0. The highest BCUT2D eigenvalue weighted by Crippen LogP contribution is 2.37. The van der Waals surface area contributed by atoms with Crippen LogP contribution in [0.25, 0.3) is 0 Å². The minimum atomic E-state index is -1.10. The van der Waals surface area contributed by atoms with Gasteiger partial charge in [0.15, 0.2) is 17.4 Å². The molecule has 1 heterocycles. The third-order valence-electron chi connectivity index (χ3n) is 2.69. The van der Waals surface area contributed by atoms with E-state index in [1.54, 1.807) is 0 Å². The summed E-state index contributed by atoms with van der Waals surface area (Å²) in [5, 5.41) is 0. The summed E-state index contributed by atoms with van der Waals surface area (Å²) in [6.45, 7) is 2.77. The molecule has 1 fully saturated rings. The van der Waals surface area contributed by atoms with E-state index >= 15 is 0 Å². The Bertz CT molecular complexity index is 373. The van der Waals surface area contributed by atoms with Gasteiger partial charge in [0.2, 0.25) is 0 Å². The topological polar surface area (TPSA) is 18.5 Å². The van der Waals surface area contributed by atoms with Crippen molar-refractivity contribution in [2.24, 2.45) is 0 Å². The van der Waals surface area contributed by atoms with Crippen molar-refractivity contribution in [3.8, 4) is 0 Å². The second kappa shape index (κ2) is 4.47. The molecule has 1 aliphatic rings. The molecule has 16 heavy (non-hydrogen) atoms. The fourth-order valence-corrected chi connectivity index (χ4v) is 2.02. The summed E-state index contributed by atoms with van der Waals surface area (Å²) in [4.78, 5) is 0. The number of ether oxygens (including phenoxy) is 2. The molecule has 1 aromatic rings. The van der Waals surface area contributed by atoms with E-state index in [1.165, 1.54) is 12.1 Å². The van der Waals surface area contributed by atoms with Gasteiger partial charge in [-0.15, -0.1) is 0 Å². The second-order valence-electron chi connectivity index (χ2n) is 3.80. The van der Waals surface area contributed by atoms with Crippen LogP contribution in [0.1, 0.15) is 25.3 Å². The Hall–Kier alpha value is -1.00. The Morgan fingerprint density at radius 1 is 1.25 bits per heavy atom. The summed E-state index contributed by atoms with van der Waals surface area (Å²) >= 11 is 0. The van der Waals surface area contributed by atoms with Gasteiger partial charge in [-0.2, -0.15) is 0 Å². The lowest BCUT2D eigenvalue weighted by atomic mass is 10.00. The zero-order chi connectivity index (χ0) is 11.6. The van der Waals surface area contributed by atoms with Gasteiger partial charge in [-0.05, 0) is 6.07 Å². The van der Waals surface area contributed by atoms with Gasteiger partial charge >= 0.3 is 0 Å². The Kier molecular flexibility index (Phi) is 3.21. The van der Waals surface area contributed by atoms with Crippen molar-refractivity contribution in [2.45, 2.75) is 25.6 Å². The molecule has 0 atom stereocenters. The quantitative estimate of drug-likeness (QED) is 0.791. The lowest BCUT2D eigenvalue weighted by Crippen LogP contribution is -2.28. The van der Waals surface area contributed by atoms with Gasteiger partial charge in [-0.1, -0.05) is 25.5 Å². The first kappa shape index (κ1) is 11.5. The van der Waals surface area contributed by atoms with Gasteiger partial charge < -0.3 is 9.47 Å². The fourth-order valence-electron chi connectivity index (χ4n) is 2.02. The molecule has 88 valence electrons. The van der Waals surface area contributed by atoms with Crippen molar-refractivity contribution in [2.75, 3.05) is 13.2 Å². The van der Waals surface area contributed by atoms with E-state index in [0.29, 0.717) is 19.6 Å². The summed E-state index contributed by atoms with van der Waals surface area (Å²) < 4.78 is 37.8. The maximum Gasteiger partial charge on any atom is 0.197 e. The number of hydrogen-bond donors (Lipinski definition) is 0. The van der Waals surface area contributed by atoms with E-state index < -0.39 is 17.4 Å². The third kappa shape index (κ3) is 1.83. The Labute approximate surface area is 93.2 Å². The molecule has 1 saturated heterocycles. The lowest BCUT2D eigenvalue weighted by Gasteiger charge is -2.27. The first-order chi connectivity index (χ1) is 7.69. The average Bonchev–Trinajstić information content (AvgIpc) is 2.72. The number of benzene rings is 1. The summed E-state index contributed by atoms with van der Waals surface area (Å²) in [5.74, 6) is -2.84. The highest BCUT2D eigenvalue weighted by molar-refractivity contribution is 5.24. The van der Waals surface area contributed by atoms with Crippen LogP contribution >= 0.6 is 0 Å². The van der Waals surface area contributed by atoms with Crippen molar-refractivity contribution in [3.63, 3.8) is 0 Å². The normalized spacial score (nSPS) is 18.9. The van der Waals surface area contributed by atoms with Crippen molar-refractivity contribution < 1.29 is 18.3 Å². The van der Waals surface area contributed by atoms with E-state index in [9.17, 15) is 8.78 Å². The van der Waals surface area contributed by atoms with E-state index in [-0.39, 0.29) is 5.56 Å². The maximum atomic E-state index is 13.7. The molecule has 0 N–H and O–H groups in total. The zero-order valence-corrected chi connectivity index (χ0v) is 9.13. The van der Waals surface area contributed by atoms with Crippen LogP contribution in [-0.4, -0.2) is 13.2 Å². The average molecular weight is 228 g/mol. The molecule has 0 aromatic heterocycles. The van der Waals surface area contributed by atoms with Crippen LogP contribution in [0.4, 0.5) is 8.78 Å². The number of rotatable bonds is 3. The van der Waals surface area contributed by atoms with Crippen LogP contribution < -0.4 is 0 Å². The van der Waals surface area contributed by atoms with Gasteiger partial charge in [0.1, 0.15) is 0 Å². The van der Waals surface area contributed by atoms with Crippen molar-refractivity contribution in [1.29, 1.82) is 0 Å². The van der Waals surface area contributed by atoms with Crippen LogP contribution in [0.2, 0.25) is 0 Å². The first-order valence-electron chi connectivity index (χ1n) is 5.42. The van der Waals surface area contributed by atoms with Crippen LogP contribution in [0.5, 0.6) is 0 Å². The van der Waals surface area contributed by atoms with Crippen molar-refractivity contribution in [3.05, 3.63) is 35.4 Å². The molecule has 0 saturated carbocycles. The monoisotopic (exact) mass is 228 g/mol. The Morgan fingerprint density at radius 3 is 2.56 bits per heavy atom. The minimum Gasteiger partial charge on any atom is -0.343 e. The Morgan fingerprint density at radius 2 is 1.94 bits per heavy atom. The number of halogens is 2. The molecule has 0 unspecified atom stereocenters. The molecule has 0 spiro atoms. The molecule has 1 aromatic carbocycles. The zero-order valence-electron chi connectivity index (χ0n) is 9.13. The smallest absolute Gasteiger partial charge is 0.197 e. The van der Waals surface area contributed by atoms with Crippen LogP contribution in [0, 0.1) is 11.6 Å². The molecule has 1 aliphatic heterocycles. The molecule has 0 amide bonds. The Balaban J connectivity index is 2.42. The van der Waals surface area contributed by atoms with E-state index in [0.717, 1.165) is 12.5 Å². The molecule has 0 radical (unpaired) electrons. The molecule has 0 bridgehead atoms. The van der Waals surface area contributed by atoms with E-state index in [1.807, 2.05) is 6.92 Å². The van der Waals surface area contributed by atoms with E-state index in [2.05, 4.69) is 0 Å². The largest absolute Gasteiger partial charge is 0.343 e. The predicted molar refractivity (Wildman–Crippen MR) is 54.8 cm³/mol. The summed E-state index contributed by atoms with van der Waals surface area (Å²) in [6.07, 6.45) is 1.29. The van der Waals surface area contributed by atoms with Gasteiger partial charge in [0, 0.05) is 12.0 Å². The van der Waals surface area contributed by atoms with Gasteiger partial charge in [-0.25, -0.2) is 8.78 Å². The standard InChI is InChI=1S/C12H14F2O2/c1-2-6-12(15-7-8-16-12)9-4-3-5-10(13)11(9)14/h3-5H,2,6-8H2,1H3. The molecule has 2 nitrogen and oxygen atoms in total. The molecular formula is C12H14F2O2. The first-order valence-corrected chi connectivity index (χ1v) is 5.42. The fraction of sp³-hybridized carbons (Fsp3) is 0.500. The molecule has 4 heteroatoms. The van der Waals surface area contributed by atoms with Gasteiger partial charge in [0.25, 0.3) is 0 Å². The van der Waals surface area contributed by atoms with Crippen molar-refractivity contribution in [1.82, 2.24) is 0 Å². The SMILES string of the molecule is CCCC1(c2cccc(F)c2F)OCCO1. The molecular weight excluding hydrogens is 214 g/mol.